The van der Waals surface area contributed by atoms with Crippen LogP contribution in [0.1, 0.15) is 17.2 Å². The number of imide groups is 1. The minimum atomic E-state index is -0.712. The van der Waals surface area contributed by atoms with Crippen molar-refractivity contribution in [3.8, 4) is 17.6 Å². The van der Waals surface area contributed by atoms with Crippen molar-refractivity contribution in [3.05, 3.63) is 59.8 Å². The molecule has 0 radical (unpaired) electrons. The normalized spacial score (nSPS) is 28.1. The number of nitriles is 1. The van der Waals surface area contributed by atoms with Gasteiger partial charge < -0.3 is 14.4 Å². The van der Waals surface area contributed by atoms with Gasteiger partial charge in [-0.15, -0.1) is 0 Å². The number of benzene rings is 2. The Labute approximate surface area is 172 Å². The second-order valence-electron chi connectivity index (χ2n) is 7.80. The largest absolute Gasteiger partial charge is 0.486 e. The van der Waals surface area contributed by atoms with Gasteiger partial charge in [0.05, 0.1) is 29.6 Å². The number of carbonyl (C=O) groups excluding carboxylic acids is 2. The Morgan fingerprint density at radius 1 is 0.967 bits per heavy atom. The standard InChI is InChI=1S/C23H17N3O4/c24-12-16-19-20(21-15-4-2-1-3-13(15)7-8-25(16)21)23(28)26(22(19)27)14-5-6-17-18(11-14)30-10-9-29-17/h1-8,11,16,19-21H,9-10H2/t16-,19+,20-,21-/m1/s1. The first-order valence-electron chi connectivity index (χ1n) is 9.90. The number of carbonyl (C=O) groups is 2. The van der Waals surface area contributed by atoms with Crippen LogP contribution >= 0.6 is 0 Å². The first-order valence-corrected chi connectivity index (χ1v) is 9.90. The van der Waals surface area contributed by atoms with Crippen molar-refractivity contribution in [2.45, 2.75) is 12.1 Å². The molecule has 0 N–H and O–H groups in total. The quantitative estimate of drug-likeness (QED) is 0.686. The summed E-state index contributed by atoms with van der Waals surface area (Å²) in [5.41, 5.74) is 2.43. The van der Waals surface area contributed by atoms with Crippen LogP contribution in [0.5, 0.6) is 11.5 Å². The van der Waals surface area contributed by atoms with Crippen LogP contribution in [0.25, 0.3) is 6.08 Å². The summed E-state index contributed by atoms with van der Waals surface area (Å²) in [7, 11) is 0. The second-order valence-corrected chi connectivity index (χ2v) is 7.80. The van der Waals surface area contributed by atoms with E-state index in [-0.39, 0.29) is 17.9 Å². The monoisotopic (exact) mass is 399 g/mol. The summed E-state index contributed by atoms with van der Waals surface area (Å²) in [4.78, 5) is 30.1. The molecule has 4 aliphatic rings. The molecule has 0 bridgehead atoms. The lowest BCUT2D eigenvalue weighted by Crippen LogP contribution is -2.40. The molecule has 2 aromatic rings. The van der Waals surface area contributed by atoms with Crippen molar-refractivity contribution in [2.75, 3.05) is 18.1 Å². The Morgan fingerprint density at radius 3 is 2.57 bits per heavy atom. The summed E-state index contributed by atoms with van der Waals surface area (Å²) in [6.07, 6.45) is 3.78. The Hall–Kier alpha value is -3.79. The van der Waals surface area contributed by atoms with Crippen LogP contribution in [0.15, 0.2) is 48.7 Å². The summed E-state index contributed by atoms with van der Waals surface area (Å²) in [6.45, 7) is 0.882. The van der Waals surface area contributed by atoms with Crippen molar-refractivity contribution >= 4 is 23.6 Å². The Kier molecular flexibility index (Phi) is 3.48. The number of anilines is 1. The summed E-state index contributed by atoms with van der Waals surface area (Å²) in [5, 5.41) is 9.87. The summed E-state index contributed by atoms with van der Waals surface area (Å²) in [5.74, 6) is -0.830. The molecule has 4 heterocycles. The molecule has 0 unspecified atom stereocenters. The van der Waals surface area contributed by atoms with E-state index in [0.29, 0.717) is 30.4 Å². The number of hydrogen-bond donors (Lipinski definition) is 0. The number of amides is 2. The Balaban J connectivity index is 1.44. The third-order valence-corrected chi connectivity index (χ3v) is 6.38. The van der Waals surface area contributed by atoms with Crippen LogP contribution in [0.4, 0.5) is 5.69 Å². The van der Waals surface area contributed by atoms with Gasteiger partial charge in [0.1, 0.15) is 19.3 Å². The van der Waals surface area contributed by atoms with Gasteiger partial charge in [-0.05, 0) is 29.3 Å². The van der Waals surface area contributed by atoms with Gasteiger partial charge in [0, 0.05) is 12.3 Å². The highest BCUT2D eigenvalue weighted by Gasteiger charge is 2.63. The molecule has 148 valence electrons. The first-order chi connectivity index (χ1) is 14.7. The van der Waals surface area contributed by atoms with Crippen LogP contribution in [-0.4, -0.2) is 36.0 Å². The second kappa shape index (κ2) is 6.10. The van der Waals surface area contributed by atoms with E-state index < -0.39 is 17.9 Å². The van der Waals surface area contributed by atoms with E-state index in [1.165, 1.54) is 4.90 Å². The maximum atomic E-state index is 13.6. The van der Waals surface area contributed by atoms with E-state index in [2.05, 4.69) is 6.07 Å². The summed E-state index contributed by atoms with van der Waals surface area (Å²) in [6, 6.07) is 14.1. The highest BCUT2D eigenvalue weighted by Crippen LogP contribution is 2.53. The maximum absolute atomic E-state index is 13.6. The van der Waals surface area contributed by atoms with Crippen LogP contribution in [0, 0.1) is 23.2 Å². The molecular formula is C23H17N3O4. The molecule has 7 heteroatoms. The molecule has 2 aromatic carbocycles. The fourth-order valence-corrected chi connectivity index (χ4v) is 5.13. The molecule has 0 aromatic heterocycles. The zero-order valence-corrected chi connectivity index (χ0v) is 15.9. The minimum Gasteiger partial charge on any atom is -0.486 e. The lowest BCUT2D eigenvalue weighted by Gasteiger charge is -2.33. The third kappa shape index (κ3) is 2.13. The van der Waals surface area contributed by atoms with Gasteiger partial charge in [0.25, 0.3) is 0 Å². The lowest BCUT2D eigenvalue weighted by atomic mass is 9.85. The molecule has 0 saturated carbocycles. The van der Waals surface area contributed by atoms with Crippen LogP contribution in [0.2, 0.25) is 0 Å². The molecule has 2 fully saturated rings. The van der Waals surface area contributed by atoms with Gasteiger partial charge in [0.15, 0.2) is 11.5 Å². The third-order valence-electron chi connectivity index (χ3n) is 6.38. The molecule has 2 amide bonds. The van der Waals surface area contributed by atoms with Gasteiger partial charge in [-0.2, -0.15) is 5.26 Å². The van der Waals surface area contributed by atoms with Crippen molar-refractivity contribution in [2.24, 2.45) is 11.8 Å². The van der Waals surface area contributed by atoms with E-state index in [4.69, 9.17) is 9.47 Å². The van der Waals surface area contributed by atoms with Crippen LogP contribution in [0.3, 0.4) is 0 Å². The molecule has 6 rings (SSSR count). The summed E-state index contributed by atoms with van der Waals surface area (Å²) >= 11 is 0. The Morgan fingerprint density at radius 2 is 1.73 bits per heavy atom. The van der Waals surface area contributed by atoms with Gasteiger partial charge in [-0.1, -0.05) is 24.3 Å². The highest BCUT2D eigenvalue weighted by molar-refractivity contribution is 6.23. The van der Waals surface area contributed by atoms with Gasteiger partial charge in [-0.3, -0.25) is 9.59 Å². The zero-order chi connectivity index (χ0) is 20.4. The van der Waals surface area contributed by atoms with E-state index in [0.717, 1.165) is 11.1 Å². The number of ether oxygens (including phenoxy) is 2. The smallest absolute Gasteiger partial charge is 0.240 e. The molecule has 7 nitrogen and oxygen atoms in total. The van der Waals surface area contributed by atoms with Crippen molar-refractivity contribution in [1.82, 2.24) is 4.90 Å². The molecule has 0 spiro atoms. The average Bonchev–Trinajstić information content (AvgIpc) is 3.25. The fraction of sp³-hybridized carbons (Fsp3) is 0.261. The number of rotatable bonds is 1. The van der Waals surface area contributed by atoms with Crippen LogP contribution in [-0.2, 0) is 9.59 Å². The van der Waals surface area contributed by atoms with Crippen molar-refractivity contribution < 1.29 is 19.1 Å². The molecular weight excluding hydrogens is 382 g/mol. The van der Waals surface area contributed by atoms with Crippen LogP contribution < -0.4 is 14.4 Å². The highest BCUT2D eigenvalue weighted by atomic mass is 16.6. The van der Waals surface area contributed by atoms with Gasteiger partial charge in [0.2, 0.25) is 11.8 Å². The fourth-order valence-electron chi connectivity index (χ4n) is 5.13. The maximum Gasteiger partial charge on any atom is 0.240 e. The Bertz CT molecular complexity index is 1170. The van der Waals surface area contributed by atoms with Gasteiger partial charge in [-0.25, -0.2) is 4.90 Å². The van der Waals surface area contributed by atoms with Gasteiger partial charge >= 0.3 is 0 Å². The average molecular weight is 399 g/mol. The lowest BCUT2D eigenvalue weighted by molar-refractivity contribution is -0.123. The van der Waals surface area contributed by atoms with E-state index >= 15 is 0 Å². The SMILES string of the molecule is N#C[C@@H]1[C@@H]2C(=O)N(c3ccc4c(c3)OCCO4)C(=O)[C@H]2[C@H]2c3ccccc3C=CN12. The topological polar surface area (TPSA) is 82.9 Å². The van der Waals surface area contributed by atoms with E-state index in [9.17, 15) is 14.9 Å². The molecule has 4 atom stereocenters. The predicted octanol–water partition coefficient (Wildman–Crippen LogP) is 2.50. The molecule has 2 saturated heterocycles. The zero-order valence-electron chi connectivity index (χ0n) is 15.9. The van der Waals surface area contributed by atoms with Crippen molar-refractivity contribution in [3.63, 3.8) is 0 Å². The molecule has 4 aliphatic heterocycles. The predicted molar refractivity (Wildman–Crippen MR) is 106 cm³/mol. The summed E-state index contributed by atoms with van der Waals surface area (Å²) < 4.78 is 11.2. The molecule has 30 heavy (non-hydrogen) atoms. The first kappa shape index (κ1) is 17.1. The van der Waals surface area contributed by atoms with Crippen molar-refractivity contribution in [1.29, 1.82) is 5.26 Å². The van der Waals surface area contributed by atoms with E-state index in [1.54, 1.807) is 18.2 Å². The number of fused-ring (bicyclic) bond motifs is 6. The number of nitrogens with zero attached hydrogens (tertiary/aromatic N) is 3. The molecule has 0 aliphatic carbocycles. The minimum absolute atomic E-state index is 0.278. The number of hydrogen-bond acceptors (Lipinski definition) is 6. The van der Waals surface area contributed by atoms with E-state index in [1.807, 2.05) is 41.4 Å².